The van der Waals surface area contributed by atoms with Gasteiger partial charge in [0.05, 0.1) is 11.4 Å². The SMILES string of the molecule is c1ccc(-c2cc(-c3n[nH]nc3-c3ccccc3)[nH]n2)cc1. The molecule has 2 aromatic carbocycles. The normalized spacial score (nSPS) is 10.7. The number of nitrogens with zero attached hydrogens (tertiary/aromatic N) is 3. The van der Waals surface area contributed by atoms with Crippen LogP contribution in [-0.4, -0.2) is 25.6 Å². The fourth-order valence-electron chi connectivity index (χ4n) is 2.42. The predicted molar refractivity (Wildman–Crippen MR) is 84.8 cm³/mol. The highest BCUT2D eigenvalue weighted by Crippen LogP contribution is 2.29. The topological polar surface area (TPSA) is 70.2 Å². The Labute approximate surface area is 127 Å². The van der Waals surface area contributed by atoms with E-state index in [1.54, 1.807) is 0 Å². The molecule has 0 aliphatic carbocycles. The average molecular weight is 287 g/mol. The van der Waals surface area contributed by atoms with Gasteiger partial charge in [-0.25, -0.2) is 0 Å². The summed E-state index contributed by atoms with van der Waals surface area (Å²) < 4.78 is 0. The lowest BCUT2D eigenvalue weighted by Gasteiger charge is -1.97. The molecule has 4 rings (SSSR count). The summed E-state index contributed by atoms with van der Waals surface area (Å²) in [4.78, 5) is 0. The van der Waals surface area contributed by atoms with Crippen LogP contribution in [0.25, 0.3) is 33.9 Å². The standard InChI is InChI=1S/C17H13N5/c1-3-7-12(8-4-1)14-11-15(19-18-14)17-16(20-22-21-17)13-9-5-2-6-10-13/h1-11H,(H,18,19)(H,20,21,22). The first-order chi connectivity index (χ1) is 10.9. The second-order valence-electron chi connectivity index (χ2n) is 4.92. The van der Waals surface area contributed by atoms with E-state index in [-0.39, 0.29) is 0 Å². The molecular weight excluding hydrogens is 274 g/mol. The lowest BCUT2D eigenvalue weighted by atomic mass is 10.1. The quantitative estimate of drug-likeness (QED) is 0.605. The van der Waals surface area contributed by atoms with E-state index in [4.69, 9.17) is 0 Å². The van der Waals surface area contributed by atoms with Crippen LogP contribution in [0.3, 0.4) is 0 Å². The molecule has 0 saturated heterocycles. The van der Waals surface area contributed by atoms with Gasteiger partial charge in [-0.05, 0) is 6.07 Å². The first-order valence-electron chi connectivity index (χ1n) is 6.99. The first kappa shape index (κ1) is 12.5. The summed E-state index contributed by atoms with van der Waals surface area (Å²) in [5.74, 6) is 0. The van der Waals surface area contributed by atoms with Crippen molar-refractivity contribution in [2.75, 3.05) is 0 Å². The number of hydrogen-bond acceptors (Lipinski definition) is 3. The molecule has 0 saturated carbocycles. The number of H-pyrrole nitrogens is 2. The third kappa shape index (κ3) is 2.18. The first-order valence-corrected chi connectivity index (χ1v) is 6.99. The van der Waals surface area contributed by atoms with Gasteiger partial charge < -0.3 is 0 Å². The van der Waals surface area contributed by atoms with E-state index >= 15 is 0 Å². The molecular formula is C17H13N5. The molecule has 0 bridgehead atoms. The van der Waals surface area contributed by atoms with Gasteiger partial charge in [0.15, 0.2) is 0 Å². The van der Waals surface area contributed by atoms with Crippen LogP contribution < -0.4 is 0 Å². The van der Waals surface area contributed by atoms with Gasteiger partial charge >= 0.3 is 0 Å². The van der Waals surface area contributed by atoms with Gasteiger partial charge in [0.2, 0.25) is 0 Å². The van der Waals surface area contributed by atoms with Crippen LogP contribution in [0.4, 0.5) is 0 Å². The van der Waals surface area contributed by atoms with Crippen molar-refractivity contribution in [3.8, 4) is 33.9 Å². The lowest BCUT2D eigenvalue weighted by Crippen LogP contribution is -1.83. The van der Waals surface area contributed by atoms with Crippen LogP contribution in [0.5, 0.6) is 0 Å². The van der Waals surface area contributed by atoms with Crippen LogP contribution in [-0.2, 0) is 0 Å². The second kappa shape index (κ2) is 5.29. The van der Waals surface area contributed by atoms with Crippen molar-refractivity contribution in [1.82, 2.24) is 25.6 Å². The van der Waals surface area contributed by atoms with E-state index < -0.39 is 0 Å². The maximum atomic E-state index is 4.37. The van der Waals surface area contributed by atoms with Gasteiger partial charge in [-0.1, -0.05) is 60.7 Å². The summed E-state index contributed by atoms with van der Waals surface area (Å²) in [7, 11) is 0. The summed E-state index contributed by atoms with van der Waals surface area (Å²) in [6, 6.07) is 22.0. The zero-order valence-electron chi connectivity index (χ0n) is 11.7. The third-order valence-corrected chi connectivity index (χ3v) is 3.50. The van der Waals surface area contributed by atoms with Gasteiger partial charge in [0, 0.05) is 11.1 Å². The van der Waals surface area contributed by atoms with Crippen molar-refractivity contribution >= 4 is 0 Å². The highest BCUT2D eigenvalue weighted by molar-refractivity contribution is 5.77. The van der Waals surface area contributed by atoms with Crippen molar-refractivity contribution in [1.29, 1.82) is 0 Å². The molecule has 0 atom stereocenters. The van der Waals surface area contributed by atoms with E-state index in [2.05, 4.69) is 25.6 Å². The van der Waals surface area contributed by atoms with Gasteiger partial charge in [0.25, 0.3) is 0 Å². The van der Waals surface area contributed by atoms with Crippen LogP contribution in [0.15, 0.2) is 66.7 Å². The molecule has 4 aromatic rings. The summed E-state index contributed by atoms with van der Waals surface area (Å²) in [5, 5.41) is 18.6. The molecule has 0 aliphatic heterocycles. The zero-order valence-corrected chi connectivity index (χ0v) is 11.7. The van der Waals surface area contributed by atoms with E-state index in [0.29, 0.717) is 0 Å². The van der Waals surface area contributed by atoms with Crippen molar-refractivity contribution < 1.29 is 0 Å². The van der Waals surface area contributed by atoms with Crippen LogP contribution >= 0.6 is 0 Å². The van der Waals surface area contributed by atoms with Crippen LogP contribution in [0.2, 0.25) is 0 Å². The van der Waals surface area contributed by atoms with Crippen molar-refractivity contribution in [2.45, 2.75) is 0 Å². The Morgan fingerprint density at radius 1 is 0.636 bits per heavy atom. The Kier molecular flexibility index (Phi) is 3.01. The molecule has 0 fully saturated rings. The third-order valence-electron chi connectivity index (χ3n) is 3.50. The van der Waals surface area contributed by atoms with Crippen molar-refractivity contribution in [2.24, 2.45) is 0 Å². The summed E-state index contributed by atoms with van der Waals surface area (Å²) in [6.07, 6.45) is 0. The molecule has 22 heavy (non-hydrogen) atoms. The second-order valence-corrected chi connectivity index (χ2v) is 4.92. The smallest absolute Gasteiger partial charge is 0.138 e. The molecule has 106 valence electrons. The Bertz CT molecular complexity index is 878. The van der Waals surface area contributed by atoms with Crippen LogP contribution in [0, 0.1) is 0 Å². The Morgan fingerprint density at radius 2 is 1.27 bits per heavy atom. The number of benzene rings is 2. The molecule has 0 radical (unpaired) electrons. The van der Waals surface area contributed by atoms with Gasteiger partial charge in [0.1, 0.15) is 11.4 Å². The Hall–Kier alpha value is -3.21. The Morgan fingerprint density at radius 3 is 2.00 bits per heavy atom. The van der Waals surface area contributed by atoms with Crippen molar-refractivity contribution in [3.63, 3.8) is 0 Å². The molecule has 5 heteroatoms. The zero-order chi connectivity index (χ0) is 14.8. The number of aromatic amines is 2. The monoisotopic (exact) mass is 287 g/mol. The summed E-state index contributed by atoms with van der Waals surface area (Å²) in [5.41, 5.74) is 5.38. The molecule has 0 amide bonds. The fraction of sp³-hybridized carbons (Fsp3) is 0. The molecule has 2 N–H and O–H groups in total. The van der Waals surface area contributed by atoms with Crippen molar-refractivity contribution in [3.05, 3.63) is 66.7 Å². The molecule has 5 nitrogen and oxygen atoms in total. The van der Waals surface area contributed by atoms with E-state index in [1.807, 2.05) is 66.7 Å². The minimum Gasteiger partial charge on any atom is -0.275 e. The van der Waals surface area contributed by atoms with E-state index in [9.17, 15) is 0 Å². The average Bonchev–Trinajstić information content (AvgIpc) is 3.25. The number of nitrogens with one attached hydrogen (secondary N) is 2. The largest absolute Gasteiger partial charge is 0.275 e. The summed E-state index contributed by atoms with van der Waals surface area (Å²) >= 11 is 0. The number of rotatable bonds is 3. The molecule has 0 aliphatic rings. The highest BCUT2D eigenvalue weighted by atomic mass is 15.3. The van der Waals surface area contributed by atoms with Crippen LogP contribution in [0.1, 0.15) is 0 Å². The minimum absolute atomic E-state index is 0.765. The maximum Gasteiger partial charge on any atom is 0.138 e. The Balaban J connectivity index is 1.76. The minimum atomic E-state index is 0.765. The molecule has 2 heterocycles. The fourth-order valence-corrected chi connectivity index (χ4v) is 2.42. The molecule has 2 aromatic heterocycles. The van der Waals surface area contributed by atoms with Gasteiger partial charge in [-0.15, -0.1) is 0 Å². The lowest BCUT2D eigenvalue weighted by molar-refractivity contribution is 0.941. The van der Waals surface area contributed by atoms with Gasteiger partial charge in [-0.2, -0.15) is 20.5 Å². The summed E-state index contributed by atoms with van der Waals surface area (Å²) in [6.45, 7) is 0. The maximum absolute atomic E-state index is 4.37. The molecule has 0 spiro atoms. The van der Waals surface area contributed by atoms with Gasteiger partial charge in [-0.3, -0.25) is 5.10 Å². The van der Waals surface area contributed by atoms with E-state index in [1.165, 1.54) is 0 Å². The van der Waals surface area contributed by atoms with E-state index in [0.717, 1.165) is 33.9 Å². The predicted octanol–water partition coefficient (Wildman–Crippen LogP) is 3.53. The highest BCUT2D eigenvalue weighted by Gasteiger charge is 2.15. The number of aromatic nitrogens is 5. The molecule has 0 unspecified atom stereocenters. The number of hydrogen-bond donors (Lipinski definition) is 2.